The van der Waals surface area contributed by atoms with E-state index in [1.54, 1.807) is 12.1 Å². The van der Waals surface area contributed by atoms with Gasteiger partial charge in [-0.3, -0.25) is 10.2 Å². The average Bonchev–Trinajstić information content (AvgIpc) is 2.92. The summed E-state index contributed by atoms with van der Waals surface area (Å²) in [5, 5.41) is 2.44. The second-order valence-corrected chi connectivity index (χ2v) is 6.10. The highest BCUT2D eigenvalue weighted by atomic mass is 35.5. The number of ether oxygens (including phenoxy) is 2. The molecule has 124 valence electrons. The molecule has 3 N–H and O–H groups in total. The standard InChI is InChI=1S/C15H18ClN3O4/c16-10-1-2-12-9(7-10)8-13(23-12)14(20)18-19-5-3-11(4-6-19)22-15(17)21/h1-2,7,11,13H,3-6,8H2,(H2,17,21)(H,18,20). The monoisotopic (exact) mass is 339 g/mol. The lowest BCUT2D eigenvalue weighted by atomic mass is 10.1. The first kappa shape index (κ1) is 15.9. The summed E-state index contributed by atoms with van der Waals surface area (Å²) in [6, 6.07) is 5.33. The van der Waals surface area contributed by atoms with Crippen molar-refractivity contribution in [3.8, 4) is 5.75 Å². The number of primary amides is 1. The van der Waals surface area contributed by atoms with Crippen molar-refractivity contribution in [2.75, 3.05) is 13.1 Å². The Bertz CT molecular complexity index is 617. The Labute approximate surface area is 138 Å². The van der Waals surface area contributed by atoms with E-state index in [1.165, 1.54) is 0 Å². The van der Waals surface area contributed by atoms with E-state index in [1.807, 2.05) is 11.1 Å². The Morgan fingerprint density at radius 2 is 2.09 bits per heavy atom. The lowest BCUT2D eigenvalue weighted by Gasteiger charge is -2.31. The third-order valence-corrected chi connectivity index (χ3v) is 4.22. The molecule has 0 bridgehead atoms. The summed E-state index contributed by atoms with van der Waals surface area (Å²) in [6.45, 7) is 1.18. The van der Waals surface area contributed by atoms with Crippen LogP contribution in [-0.2, 0) is 16.0 Å². The molecule has 0 saturated carbocycles. The molecule has 2 aliphatic rings. The van der Waals surface area contributed by atoms with Crippen LogP contribution < -0.4 is 15.9 Å². The van der Waals surface area contributed by atoms with Crippen molar-refractivity contribution in [2.45, 2.75) is 31.5 Å². The molecule has 0 aliphatic carbocycles. The smallest absolute Gasteiger partial charge is 0.404 e. The number of benzene rings is 1. The van der Waals surface area contributed by atoms with E-state index in [0.29, 0.717) is 43.1 Å². The van der Waals surface area contributed by atoms with Crippen molar-refractivity contribution in [2.24, 2.45) is 5.73 Å². The summed E-state index contributed by atoms with van der Waals surface area (Å²) < 4.78 is 10.6. The number of nitrogens with two attached hydrogens (primary N) is 1. The Kier molecular flexibility index (Phi) is 4.58. The number of fused-ring (bicyclic) bond motifs is 1. The predicted octanol–water partition coefficient (Wildman–Crippen LogP) is 1.23. The van der Waals surface area contributed by atoms with E-state index in [4.69, 9.17) is 26.8 Å². The molecule has 3 rings (SSSR count). The topological polar surface area (TPSA) is 93.9 Å². The molecule has 1 saturated heterocycles. The summed E-state index contributed by atoms with van der Waals surface area (Å²) in [4.78, 5) is 23.0. The number of hydrazine groups is 1. The molecule has 8 heteroatoms. The van der Waals surface area contributed by atoms with Crippen LogP contribution in [0.2, 0.25) is 5.02 Å². The number of carbonyl (C=O) groups excluding carboxylic acids is 2. The van der Waals surface area contributed by atoms with Gasteiger partial charge < -0.3 is 15.2 Å². The normalized spacial score (nSPS) is 21.3. The average molecular weight is 340 g/mol. The summed E-state index contributed by atoms with van der Waals surface area (Å²) in [6.07, 6.45) is 0.263. The van der Waals surface area contributed by atoms with E-state index < -0.39 is 12.2 Å². The van der Waals surface area contributed by atoms with Crippen LogP contribution in [0.1, 0.15) is 18.4 Å². The number of nitrogens with one attached hydrogen (secondary N) is 1. The molecule has 1 aromatic carbocycles. The molecule has 0 spiro atoms. The van der Waals surface area contributed by atoms with E-state index >= 15 is 0 Å². The summed E-state index contributed by atoms with van der Waals surface area (Å²) in [5.74, 6) is 0.509. The van der Waals surface area contributed by atoms with Gasteiger partial charge in [-0.15, -0.1) is 0 Å². The minimum Gasteiger partial charge on any atom is -0.480 e. The number of nitrogens with zero attached hydrogens (tertiary/aromatic N) is 1. The lowest BCUT2D eigenvalue weighted by Crippen LogP contribution is -2.52. The zero-order chi connectivity index (χ0) is 16.4. The minimum atomic E-state index is -0.761. The number of hydrogen-bond donors (Lipinski definition) is 2. The van der Waals surface area contributed by atoms with Gasteiger partial charge in [0.2, 0.25) is 0 Å². The number of halogens is 1. The van der Waals surface area contributed by atoms with Gasteiger partial charge in [-0.25, -0.2) is 9.80 Å². The van der Waals surface area contributed by atoms with Gasteiger partial charge in [0.25, 0.3) is 5.91 Å². The summed E-state index contributed by atoms with van der Waals surface area (Å²) >= 11 is 5.95. The van der Waals surface area contributed by atoms with Crippen LogP contribution in [-0.4, -0.2) is 42.3 Å². The van der Waals surface area contributed by atoms with Gasteiger partial charge in [0.05, 0.1) is 0 Å². The zero-order valence-electron chi connectivity index (χ0n) is 12.5. The van der Waals surface area contributed by atoms with Gasteiger partial charge in [0.1, 0.15) is 11.9 Å². The third-order valence-electron chi connectivity index (χ3n) is 3.98. The quantitative estimate of drug-likeness (QED) is 0.864. The van der Waals surface area contributed by atoms with E-state index in [-0.39, 0.29) is 12.0 Å². The first-order valence-electron chi connectivity index (χ1n) is 7.48. The molecule has 0 aromatic heterocycles. The molecule has 1 atom stereocenters. The van der Waals surface area contributed by atoms with Crippen LogP contribution in [0.15, 0.2) is 18.2 Å². The molecule has 7 nitrogen and oxygen atoms in total. The van der Waals surface area contributed by atoms with Gasteiger partial charge in [0.15, 0.2) is 6.10 Å². The van der Waals surface area contributed by atoms with Crippen LogP contribution in [0.3, 0.4) is 0 Å². The Morgan fingerprint density at radius 3 is 2.78 bits per heavy atom. The van der Waals surface area contributed by atoms with E-state index in [0.717, 1.165) is 5.56 Å². The fourth-order valence-corrected chi connectivity index (χ4v) is 3.04. The van der Waals surface area contributed by atoms with Crippen molar-refractivity contribution in [1.82, 2.24) is 10.4 Å². The molecule has 1 unspecified atom stereocenters. The van der Waals surface area contributed by atoms with E-state index in [2.05, 4.69) is 5.43 Å². The van der Waals surface area contributed by atoms with Crippen molar-refractivity contribution in [1.29, 1.82) is 0 Å². The third kappa shape index (κ3) is 3.86. The Hall–Kier alpha value is -1.99. The molecule has 2 aliphatic heterocycles. The highest BCUT2D eigenvalue weighted by Gasteiger charge is 2.31. The minimum absolute atomic E-state index is 0.185. The van der Waals surface area contributed by atoms with Crippen LogP contribution in [0, 0.1) is 0 Å². The van der Waals surface area contributed by atoms with Crippen molar-refractivity contribution in [3.05, 3.63) is 28.8 Å². The van der Waals surface area contributed by atoms with Crippen LogP contribution in [0.4, 0.5) is 4.79 Å². The maximum absolute atomic E-state index is 12.3. The SMILES string of the molecule is NC(=O)OC1CCN(NC(=O)C2Cc3cc(Cl)ccc3O2)CC1. The number of carbonyl (C=O) groups is 2. The first-order valence-corrected chi connectivity index (χ1v) is 7.85. The maximum atomic E-state index is 12.3. The molecular weight excluding hydrogens is 322 g/mol. The van der Waals surface area contributed by atoms with Gasteiger partial charge in [-0.1, -0.05) is 11.6 Å². The highest BCUT2D eigenvalue weighted by molar-refractivity contribution is 6.30. The van der Waals surface area contributed by atoms with Gasteiger partial charge in [-0.05, 0) is 36.6 Å². The van der Waals surface area contributed by atoms with E-state index in [9.17, 15) is 9.59 Å². The maximum Gasteiger partial charge on any atom is 0.404 e. The van der Waals surface area contributed by atoms with Crippen LogP contribution in [0.25, 0.3) is 0 Å². The van der Waals surface area contributed by atoms with Crippen molar-refractivity contribution >= 4 is 23.6 Å². The first-order chi connectivity index (χ1) is 11.0. The van der Waals surface area contributed by atoms with Crippen molar-refractivity contribution in [3.63, 3.8) is 0 Å². The highest BCUT2D eigenvalue weighted by Crippen LogP contribution is 2.31. The fraction of sp³-hybridized carbons (Fsp3) is 0.467. The number of rotatable bonds is 3. The number of hydrogen-bond acceptors (Lipinski definition) is 5. The molecule has 1 fully saturated rings. The largest absolute Gasteiger partial charge is 0.480 e. The number of amides is 2. The second-order valence-electron chi connectivity index (χ2n) is 5.66. The van der Waals surface area contributed by atoms with Crippen molar-refractivity contribution < 1.29 is 19.1 Å². The molecule has 0 radical (unpaired) electrons. The van der Waals surface area contributed by atoms with Gasteiger partial charge in [-0.2, -0.15) is 0 Å². The number of piperidine rings is 1. The van der Waals surface area contributed by atoms with Crippen LogP contribution in [0.5, 0.6) is 5.75 Å². The molecule has 2 amide bonds. The second kappa shape index (κ2) is 6.64. The Morgan fingerprint density at radius 1 is 1.35 bits per heavy atom. The molecular formula is C15H18ClN3O4. The Balaban J connectivity index is 1.49. The molecule has 1 aromatic rings. The molecule has 2 heterocycles. The fourth-order valence-electron chi connectivity index (χ4n) is 2.84. The predicted molar refractivity (Wildman–Crippen MR) is 83.0 cm³/mol. The van der Waals surface area contributed by atoms with Crippen LogP contribution >= 0.6 is 11.6 Å². The summed E-state index contributed by atoms with van der Waals surface area (Å²) in [5.41, 5.74) is 8.79. The lowest BCUT2D eigenvalue weighted by molar-refractivity contribution is -0.133. The zero-order valence-corrected chi connectivity index (χ0v) is 13.2. The summed E-state index contributed by atoms with van der Waals surface area (Å²) in [7, 11) is 0. The molecule has 23 heavy (non-hydrogen) atoms. The van der Waals surface area contributed by atoms with Gasteiger partial charge >= 0.3 is 6.09 Å². The van der Waals surface area contributed by atoms with Gasteiger partial charge in [0, 0.05) is 24.5 Å².